The van der Waals surface area contributed by atoms with Crippen LogP contribution in [0, 0.1) is 20.8 Å². The molecule has 0 unspecified atom stereocenters. The molecular weight excluding hydrogens is 600 g/mol. The third-order valence-electron chi connectivity index (χ3n) is 7.61. The van der Waals surface area contributed by atoms with Crippen molar-refractivity contribution >= 4 is 35.0 Å². The van der Waals surface area contributed by atoms with Gasteiger partial charge < -0.3 is 18.9 Å². The number of carbonyl (C=O) groups excluding carboxylic acids is 1. The Balaban J connectivity index is 1.57. The number of hydrogen-bond donors (Lipinski definition) is 0. The van der Waals surface area contributed by atoms with Crippen LogP contribution in [-0.4, -0.2) is 31.9 Å². The summed E-state index contributed by atoms with van der Waals surface area (Å²) in [5, 5.41) is 0.434. The lowest BCUT2D eigenvalue weighted by molar-refractivity contribution is -0.136. The number of thiazole rings is 1. The van der Waals surface area contributed by atoms with Crippen molar-refractivity contribution < 1.29 is 23.7 Å². The molecule has 0 amide bonds. The van der Waals surface area contributed by atoms with Gasteiger partial charge >= 0.3 is 5.97 Å². The van der Waals surface area contributed by atoms with Crippen molar-refractivity contribution in [1.82, 2.24) is 4.57 Å². The molecule has 0 N–H and O–H groups in total. The Labute approximate surface area is 264 Å². The Morgan fingerprint density at radius 3 is 2.30 bits per heavy atom. The number of halogens is 1. The summed E-state index contributed by atoms with van der Waals surface area (Å²) in [6, 6.07) is 14.0. The maximum atomic E-state index is 14.0. The van der Waals surface area contributed by atoms with Gasteiger partial charge in [0, 0.05) is 10.6 Å². The zero-order valence-electron chi connectivity index (χ0n) is 25.6. The first-order chi connectivity index (χ1) is 21.1. The number of benzene rings is 3. The fourth-order valence-corrected chi connectivity index (χ4v) is 6.77. The third-order valence-corrected chi connectivity index (χ3v) is 8.83. The molecule has 0 spiro atoms. The number of aromatic nitrogens is 1. The van der Waals surface area contributed by atoms with E-state index in [1.165, 1.54) is 46.8 Å². The van der Waals surface area contributed by atoms with E-state index in [0.29, 0.717) is 49.5 Å². The predicted octanol–water partition coefficient (Wildman–Crippen LogP) is 5.58. The summed E-state index contributed by atoms with van der Waals surface area (Å²) >= 11 is 7.59. The van der Waals surface area contributed by atoms with Crippen LogP contribution in [0.25, 0.3) is 6.08 Å². The molecule has 0 aliphatic carbocycles. The van der Waals surface area contributed by atoms with Crippen molar-refractivity contribution in [2.75, 3.05) is 21.3 Å². The molecular formula is C34H33ClN2O6S. The van der Waals surface area contributed by atoms with E-state index in [4.69, 9.17) is 30.5 Å². The van der Waals surface area contributed by atoms with Crippen LogP contribution < -0.4 is 29.1 Å². The predicted molar refractivity (Wildman–Crippen MR) is 172 cm³/mol. The minimum atomic E-state index is -0.853. The van der Waals surface area contributed by atoms with Crippen molar-refractivity contribution in [3.05, 3.63) is 118 Å². The molecule has 0 saturated heterocycles. The second-order valence-corrected chi connectivity index (χ2v) is 12.0. The molecule has 2 heterocycles. The molecule has 3 aromatic carbocycles. The zero-order chi connectivity index (χ0) is 31.7. The van der Waals surface area contributed by atoms with E-state index in [1.54, 1.807) is 38.3 Å². The van der Waals surface area contributed by atoms with E-state index >= 15 is 0 Å². The molecule has 1 aliphatic rings. The standard InChI is InChI=1S/C34H33ClN2O6S/c1-18-12-19(2)25(20(3)13-18)17-43-27-10-8-22(14-28(27)41-6)15-29-32(38)37-31(24-16-23(35)9-11-26(24)40-5)30(33(39)42-7)21(4)36-34(37)44-29/h8-16,31H,17H2,1-7H3/b29-15-/t31-/m0/s1. The minimum Gasteiger partial charge on any atom is -0.496 e. The summed E-state index contributed by atoms with van der Waals surface area (Å²) in [7, 11) is 4.40. The summed E-state index contributed by atoms with van der Waals surface area (Å²) in [4.78, 5) is 32.1. The lowest BCUT2D eigenvalue weighted by atomic mass is 9.95. The smallest absolute Gasteiger partial charge is 0.338 e. The normalized spacial score (nSPS) is 14.6. The van der Waals surface area contributed by atoms with Gasteiger partial charge in [0.25, 0.3) is 5.56 Å². The summed E-state index contributed by atoms with van der Waals surface area (Å²) in [5.74, 6) is 1.02. The Morgan fingerprint density at radius 1 is 0.955 bits per heavy atom. The molecule has 4 aromatic rings. The van der Waals surface area contributed by atoms with Gasteiger partial charge in [0.1, 0.15) is 18.4 Å². The highest BCUT2D eigenvalue weighted by Gasteiger charge is 2.35. The number of methoxy groups -OCH3 is 3. The molecule has 0 bridgehead atoms. The Kier molecular flexibility index (Phi) is 8.99. The minimum absolute atomic E-state index is 0.231. The fourth-order valence-electron chi connectivity index (χ4n) is 5.54. The van der Waals surface area contributed by atoms with Crippen molar-refractivity contribution in [2.24, 2.45) is 4.99 Å². The van der Waals surface area contributed by atoms with Crippen molar-refractivity contribution in [2.45, 2.75) is 40.3 Å². The van der Waals surface area contributed by atoms with E-state index in [0.717, 1.165) is 11.1 Å². The second kappa shape index (κ2) is 12.7. The lowest BCUT2D eigenvalue weighted by Gasteiger charge is -2.25. The van der Waals surface area contributed by atoms with Gasteiger partial charge in [-0.25, -0.2) is 9.79 Å². The first kappa shape index (κ1) is 31.1. The molecule has 1 atom stereocenters. The van der Waals surface area contributed by atoms with E-state index < -0.39 is 12.0 Å². The van der Waals surface area contributed by atoms with Crippen molar-refractivity contribution in [3.63, 3.8) is 0 Å². The zero-order valence-corrected chi connectivity index (χ0v) is 27.2. The highest BCUT2D eigenvalue weighted by Crippen LogP contribution is 2.37. The fraction of sp³-hybridized carbons (Fsp3) is 0.265. The molecule has 5 rings (SSSR count). The maximum absolute atomic E-state index is 14.0. The first-order valence-corrected chi connectivity index (χ1v) is 15.1. The highest BCUT2D eigenvalue weighted by molar-refractivity contribution is 7.07. The molecule has 1 aliphatic heterocycles. The van der Waals surface area contributed by atoms with Gasteiger partial charge in [0.05, 0.1) is 37.1 Å². The number of ether oxygens (including phenoxy) is 4. The topological polar surface area (TPSA) is 88.4 Å². The maximum Gasteiger partial charge on any atom is 0.338 e. The van der Waals surface area contributed by atoms with E-state index in [9.17, 15) is 9.59 Å². The molecule has 8 nitrogen and oxygen atoms in total. The van der Waals surface area contributed by atoms with Crippen LogP contribution in [0.1, 0.15) is 46.3 Å². The third kappa shape index (κ3) is 5.89. The summed E-state index contributed by atoms with van der Waals surface area (Å²) in [6.07, 6.45) is 1.77. The van der Waals surface area contributed by atoms with E-state index in [1.807, 2.05) is 18.2 Å². The number of aryl methyl sites for hydroxylation is 3. The molecule has 0 fully saturated rings. The van der Waals surface area contributed by atoms with E-state index in [2.05, 4.69) is 37.9 Å². The largest absolute Gasteiger partial charge is 0.496 e. The van der Waals surface area contributed by atoms with Gasteiger partial charge in [-0.2, -0.15) is 0 Å². The van der Waals surface area contributed by atoms with Gasteiger partial charge in [-0.15, -0.1) is 0 Å². The number of nitrogens with zero attached hydrogens (tertiary/aromatic N) is 2. The van der Waals surface area contributed by atoms with Gasteiger partial charge in [0.15, 0.2) is 16.3 Å². The molecule has 44 heavy (non-hydrogen) atoms. The quantitative estimate of drug-likeness (QED) is 0.236. The molecule has 228 valence electrons. The SMILES string of the molecule is COC(=O)C1=C(C)N=c2s/c(=C\c3ccc(OCc4c(C)cc(C)cc4C)c(OC)c3)c(=O)n2[C@H]1c1cc(Cl)ccc1OC. The van der Waals surface area contributed by atoms with Crippen LogP contribution in [0.5, 0.6) is 17.2 Å². The number of allylic oxidation sites excluding steroid dienone is 1. The molecule has 0 saturated carbocycles. The number of hydrogen-bond acceptors (Lipinski definition) is 8. The molecule has 0 radical (unpaired) electrons. The van der Waals surface area contributed by atoms with Gasteiger partial charge in [0.2, 0.25) is 0 Å². The average Bonchev–Trinajstić information content (AvgIpc) is 3.29. The van der Waals surface area contributed by atoms with Crippen LogP contribution in [0.2, 0.25) is 5.02 Å². The molecule has 10 heteroatoms. The van der Waals surface area contributed by atoms with Crippen LogP contribution >= 0.6 is 22.9 Å². The van der Waals surface area contributed by atoms with Crippen LogP contribution in [0.15, 0.2) is 69.6 Å². The number of fused-ring (bicyclic) bond motifs is 1. The number of carbonyl (C=O) groups is 1. The average molecular weight is 633 g/mol. The number of rotatable bonds is 8. The molecule has 1 aromatic heterocycles. The highest BCUT2D eigenvalue weighted by atomic mass is 35.5. The second-order valence-electron chi connectivity index (χ2n) is 10.5. The first-order valence-electron chi connectivity index (χ1n) is 13.9. The van der Waals surface area contributed by atoms with Crippen LogP contribution in [0.3, 0.4) is 0 Å². The summed E-state index contributed by atoms with van der Waals surface area (Å²) in [5.41, 5.74) is 6.33. The summed E-state index contributed by atoms with van der Waals surface area (Å²) < 4.78 is 24.4. The number of esters is 1. The Hall–Kier alpha value is -4.34. The Morgan fingerprint density at radius 2 is 1.64 bits per heavy atom. The van der Waals surface area contributed by atoms with Crippen molar-refractivity contribution in [3.8, 4) is 17.2 Å². The Bertz CT molecular complexity index is 1970. The van der Waals surface area contributed by atoms with Crippen LogP contribution in [-0.2, 0) is 16.1 Å². The van der Waals surface area contributed by atoms with Gasteiger partial charge in [-0.05, 0) is 86.4 Å². The van der Waals surface area contributed by atoms with Gasteiger partial charge in [-0.1, -0.05) is 46.7 Å². The lowest BCUT2D eigenvalue weighted by Crippen LogP contribution is -2.40. The van der Waals surface area contributed by atoms with Gasteiger partial charge in [-0.3, -0.25) is 9.36 Å². The van der Waals surface area contributed by atoms with Crippen molar-refractivity contribution in [1.29, 1.82) is 0 Å². The van der Waals surface area contributed by atoms with E-state index in [-0.39, 0.29) is 11.1 Å². The summed E-state index contributed by atoms with van der Waals surface area (Å²) in [6.45, 7) is 8.36. The van der Waals surface area contributed by atoms with Crippen LogP contribution in [0.4, 0.5) is 0 Å². The monoisotopic (exact) mass is 632 g/mol.